The summed E-state index contributed by atoms with van der Waals surface area (Å²) in [6, 6.07) is 15.4. The van der Waals surface area contributed by atoms with E-state index in [9.17, 15) is 9.90 Å². The van der Waals surface area contributed by atoms with Crippen LogP contribution < -0.4 is 4.74 Å². The Balaban J connectivity index is 1.45. The van der Waals surface area contributed by atoms with Crippen LogP contribution in [-0.2, 0) is 4.79 Å². The molecule has 0 saturated carbocycles. The number of hydrogen-bond donors (Lipinski definition) is 1. The largest absolute Gasteiger partial charge is 0.505 e. The van der Waals surface area contributed by atoms with E-state index < -0.39 is 0 Å². The van der Waals surface area contributed by atoms with Gasteiger partial charge in [0.1, 0.15) is 23.1 Å². The number of pyridine rings is 1. The molecule has 1 amide bonds. The normalized spacial score (nSPS) is 15.0. The first-order chi connectivity index (χ1) is 13.7. The van der Waals surface area contributed by atoms with Crippen molar-refractivity contribution in [3.05, 3.63) is 54.7 Å². The van der Waals surface area contributed by atoms with Crippen LogP contribution in [0.25, 0.3) is 22.0 Å². The predicted octanol–water partition coefficient (Wildman–Crippen LogP) is 4.39. The molecule has 1 saturated heterocycles. The Bertz CT molecular complexity index is 977. The van der Waals surface area contributed by atoms with Crippen LogP contribution in [0.4, 0.5) is 0 Å². The number of likely N-dealkylation sites (tertiary alicyclic amines) is 1. The Morgan fingerprint density at radius 3 is 2.61 bits per heavy atom. The summed E-state index contributed by atoms with van der Waals surface area (Å²) in [6.07, 6.45) is 4.08. The van der Waals surface area contributed by atoms with Crippen molar-refractivity contribution in [2.45, 2.75) is 32.3 Å². The summed E-state index contributed by atoms with van der Waals surface area (Å²) in [5.41, 5.74) is 2.28. The Kier molecular flexibility index (Phi) is 5.15. The van der Waals surface area contributed by atoms with Crippen LogP contribution in [0.3, 0.4) is 0 Å². The van der Waals surface area contributed by atoms with Crippen LogP contribution in [0.2, 0.25) is 0 Å². The third-order valence-corrected chi connectivity index (χ3v) is 5.31. The van der Waals surface area contributed by atoms with E-state index in [1.807, 2.05) is 60.4 Å². The summed E-state index contributed by atoms with van der Waals surface area (Å²) in [7, 11) is 0. The topological polar surface area (TPSA) is 62.7 Å². The standard InChI is InChI=1S/C23H24N2O3/c1-2-21(26)25-14-11-19(12-15-25)28-18-8-5-16(6-9-18)20-10-7-17-4-3-13-24-22(17)23(20)27/h3-10,13,19,27H,2,11-12,14-15H2,1H3. The van der Waals surface area contributed by atoms with Crippen molar-refractivity contribution in [3.63, 3.8) is 0 Å². The number of carbonyl (C=O) groups is 1. The number of fused-ring (bicyclic) bond motifs is 1. The summed E-state index contributed by atoms with van der Waals surface area (Å²) in [5.74, 6) is 1.22. The van der Waals surface area contributed by atoms with Crippen molar-refractivity contribution in [2.75, 3.05) is 13.1 Å². The van der Waals surface area contributed by atoms with Gasteiger partial charge in [-0.1, -0.05) is 31.2 Å². The van der Waals surface area contributed by atoms with Crippen LogP contribution in [0.15, 0.2) is 54.7 Å². The number of phenols is 1. The molecule has 1 aromatic heterocycles. The molecule has 4 rings (SSSR count). The fraction of sp³-hybridized carbons (Fsp3) is 0.304. The molecule has 1 fully saturated rings. The van der Waals surface area contributed by atoms with Gasteiger partial charge in [-0.2, -0.15) is 0 Å². The van der Waals surface area contributed by atoms with Crippen LogP contribution in [-0.4, -0.2) is 40.1 Å². The Labute approximate surface area is 164 Å². The Hall–Kier alpha value is -3.08. The smallest absolute Gasteiger partial charge is 0.222 e. The minimum Gasteiger partial charge on any atom is -0.505 e. The van der Waals surface area contributed by atoms with Crippen molar-refractivity contribution < 1.29 is 14.6 Å². The van der Waals surface area contributed by atoms with Crippen molar-refractivity contribution in [1.82, 2.24) is 9.88 Å². The molecule has 1 N–H and O–H groups in total. The molecule has 1 aliphatic heterocycles. The summed E-state index contributed by atoms with van der Waals surface area (Å²) in [6.45, 7) is 3.41. The molecule has 5 heteroatoms. The van der Waals surface area contributed by atoms with Crippen molar-refractivity contribution in [2.24, 2.45) is 0 Å². The molecule has 5 nitrogen and oxygen atoms in total. The van der Waals surface area contributed by atoms with Gasteiger partial charge in [-0.15, -0.1) is 0 Å². The summed E-state index contributed by atoms with van der Waals surface area (Å²) in [5, 5.41) is 11.5. The monoisotopic (exact) mass is 376 g/mol. The third kappa shape index (κ3) is 3.65. The number of amides is 1. The van der Waals surface area contributed by atoms with Crippen LogP contribution in [0.5, 0.6) is 11.5 Å². The van der Waals surface area contributed by atoms with E-state index in [1.54, 1.807) is 6.20 Å². The highest BCUT2D eigenvalue weighted by Crippen LogP contribution is 2.35. The zero-order valence-corrected chi connectivity index (χ0v) is 16.0. The molecule has 28 heavy (non-hydrogen) atoms. The maximum Gasteiger partial charge on any atom is 0.222 e. The average Bonchev–Trinajstić information content (AvgIpc) is 2.75. The minimum absolute atomic E-state index is 0.130. The average molecular weight is 376 g/mol. The van der Waals surface area contributed by atoms with E-state index in [2.05, 4.69) is 4.98 Å². The molecule has 3 aromatic rings. The van der Waals surface area contributed by atoms with Crippen molar-refractivity contribution in [3.8, 4) is 22.6 Å². The van der Waals surface area contributed by atoms with E-state index >= 15 is 0 Å². The molecule has 144 valence electrons. The van der Waals surface area contributed by atoms with E-state index in [1.165, 1.54) is 0 Å². The fourth-order valence-electron chi connectivity index (χ4n) is 3.71. The fourth-order valence-corrected chi connectivity index (χ4v) is 3.71. The molecular formula is C23H24N2O3. The highest BCUT2D eigenvalue weighted by Gasteiger charge is 2.23. The molecular weight excluding hydrogens is 352 g/mol. The maximum atomic E-state index is 11.8. The molecule has 0 unspecified atom stereocenters. The summed E-state index contributed by atoms with van der Waals surface area (Å²) in [4.78, 5) is 18.0. The van der Waals surface area contributed by atoms with Gasteiger partial charge in [-0.05, 0) is 29.8 Å². The molecule has 2 heterocycles. The lowest BCUT2D eigenvalue weighted by atomic mass is 10.0. The predicted molar refractivity (Wildman–Crippen MR) is 109 cm³/mol. The van der Waals surface area contributed by atoms with Gasteiger partial charge in [-0.25, -0.2) is 0 Å². The first-order valence-corrected chi connectivity index (χ1v) is 9.77. The van der Waals surface area contributed by atoms with Gasteiger partial charge >= 0.3 is 0 Å². The number of carbonyl (C=O) groups excluding carboxylic acids is 1. The summed E-state index contributed by atoms with van der Waals surface area (Å²) < 4.78 is 6.10. The second-order valence-corrected chi connectivity index (χ2v) is 7.11. The molecule has 1 aliphatic rings. The van der Waals surface area contributed by atoms with E-state index in [0.29, 0.717) is 11.9 Å². The minimum atomic E-state index is 0.130. The van der Waals surface area contributed by atoms with Gasteiger partial charge in [0.2, 0.25) is 5.91 Å². The molecule has 0 atom stereocenters. The van der Waals surface area contributed by atoms with Crippen LogP contribution >= 0.6 is 0 Å². The van der Waals surface area contributed by atoms with Gasteiger partial charge in [0.05, 0.1) is 0 Å². The quantitative estimate of drug-likeness (QED) is 0.734. The van der Waals surface area contributed by atoms with Crippen LogP contribution in [0, 0.1) is 0 Å². The van der Waals surface area contributed by atoms with Gasteiger partial charge in [0.15, 0.2) is 0 Å². The number of aromatic hydroxyl groups is 1. The van der Waals surface area contributed by atoms with Gasteiger partial charge in [-0.3, -0.25) is 9.78 Å². The number of phenolic OH excluding ortho intramolecular Hbond substituents is 1. The number of aromatic nitrogens is 1. The Morgan fingerprint density at radius 1 is 1.14 bits per heavy atom. The van der Waals surface area contributed by atoms with E-state index in [-0.39, 0.29) is 17.8 Å². The maximum absolute atomic E-state index is 11.8. The molecule has 0 spiro atoms. The molecule has 0 aliphatic carbocycles. The van der Waals surface area contributed by atoms with Gasteiger partial charge < -0.3 is 14.7 Å². The molecule has 0 bridgehead atoms. The molecule has 0 radical (unpaired) electrons. The lowest BCUT2D eigenvalue weighted by Crippen LogP contribution is -2.41. The number of ether oxygens (including phenoxy) is 1. The SMILES string of the molecule is CCC(=O)N1CCC(Oc2ccc(-c3ccc4cccnc4c3O)cc2)CC1. The first-order valence-electron chi connectivity index (χ1n) is 9.77. The second-order valence-electron chi connectivity index (χ2n) is 7.11. The third-order valence-electron chi connectivity index (χ3n) is 5.31. The highest BCUT2D eigenvalue weighted by molar-refractivity contribution is 5.91. The van der Waals surface area contributed by atoms with Crippen molar-refractivity contribution >= 4 is 16.8 Å². The zero-order chi connectivity index (χ0) is 19.5. The number of hydrogen-bond acceptors (Lipinski definition) is 4. The zero-order valence-electron chi connectivity index (χ0n) is 16.0. The lowest BCUT2D eigenvalue weighted by Gasteiger charge is -2.32. The first kappa shape index (κ1) is 18.3. The van der Waals surface area contributed by atoms with E-state index in [4.69, 9.17) is 4.74 Å². The summed E-state index contributed by atoms with van der Waals surface area (Å²) >= 11 is 0. The van der Waals surface area contributed by atoms with Gasteiger partial charge in [0.25, 0.3) is 0 Å². The number of rotatable bonds is 4. The Morgan fingerprint density at radius 2 is 1.89 bits per heavy atom. The number of piperidine rings is 1. The number of nitrogens with zero attached hydrogens (tertiary/aromatic N) is 2. The second kappa shape index (κ2) is 7.89. The highest BCUT2D eigenvalue weighted by atomic mass is 16.5. The molecule has 2 aromatic carbocycles. The van der Waals surface area contributed by atoms with Crippen molar-refractivity contribution in [1.29, 1.82) is 0 Å². The lowest BCUT2D eigenvalue weighted by molar-refractivity contribution is -0.132. The van der Waals surface area contributed by atoms with Crippen LogP contribution in [0.1, 0.15) is 26.2 Å². The van der Waals surface area contributed by atoms with Gasteiger partial charge in [0, 0.05) is 49.5 Å². The number of benzene rings is 2. The van der Waals surface area contributed by atoms with E-state index in [0.717, 1.165) is 48.2 Å².